The van der Waals surface area contributed by atoms with Gasteiger partial charge in [0.05, 0.1) is 6.61 Å². The molecule has 0 aliphatic heterocycles. The predicted molar refractivity (Wildman–Crippen MR) is 98.5 cm³/mol. The second kappa shape index (κ2) is 9.46. The molecule has 0 heterocycles. The molecular formula is C17H20N2OS2. The van der Waals surface area contributed by atoms with E-state index in [1.54, 1.807) is 7.11 Å². The molecule has 2 aromatic rings. The fourth-order valence-corrected chi connectivity index (χ4v) is 2.90. The summed E-state index contributed by atoms with van der Waals surface area (Å²) in [6.45, 7) is 1.34. The van der Waals surface area contributed by atoms with Gasteiger partial charge in [-0.3, -0.25) is 0 Å². The summed E-state index contributed by atoms with van der Waals surface area (Å²) in [4.78, 5) is 1.29. The van der Waals surface area contributed by atoms with Crippen LogP contribution in [-0.4, -0.2) is 25.4 Å². The van der Waals surface area contributed by atoms with Crippen LogP contribution >= 0.6 is 24.0 Å². The van der Waals surface area contributed by atoms with E-state index in [4.69, 9.17) is 17.0 Å². The molecule has 0 aromatic heterocycles. The molecular weight excluding hydrogens is 312 g/mol. The molecule has 2 rings (SSSR count). The highest BCUT2D eigenvalue weighted by Gasteiger charge is 1.99. The number of methoxy groups -OCH3 is 1. The molecule has 0 saturated carbocycles. The van der Waals surface area contributed by atoms with Gasteiger partial charge in [0.1, 0.15) is 0 Å². The maximum atomic E-state index is 5.22. The number of hydrogen-bond acceptors (Lipinski definition) is 3. The second-order valence-electron chi connectivity index (χ2n) is 4.67. The van der Waals surface area contributed by atoms with Crippen LogP contribution in [0.2, 0.25) is 0 Å². The summed E-state index contributed by atoms with van der Waals surface area (Å²) >= 11 is 7.05. The third-order valence-corrected chi connectivity index (χ3v) is 4.28. The third kappa shape index (κ3) is 6.05. The Labute approximate surface area is 141 Å². The number of hydrogen-bond donors (Lipinski definition) is 2. The first-order valence-corrected chi connectivity index (χ1v) is 8.48. The first kappa shape index (κ1) is 16.8. The van der Waals surface area contributed by atoms with E-state index in [1.807, 2.05) is 30.0 Å². The topological polar surface area (TPSA) is 33.3 Å². The molecule has 5 heteroatoms. The molecule has 0 aliphatic rings. The van der Waals surface area contributed by atoms with Gasteiger partial charge in [0.25, 0.3) is 0 Å². The molecule has 0 bridgehead atoms. The van der Waals surface area contributed by atoms with Gasteiger partial charge < -0.3 is 15.4 Å². The third-order valence-electron chi connectivity index (χ3n) is 2.95. The predicted octanol–water partition coefficient (Wildman–Crippen LogP) is 3.91. The highest BCUT2D eigenvalue weighted by atomic mass is 32.2. The van der Waals surface area contributed by atoms with Crippen molar-refractivity contribution < 1.29 is 4.74 Å². The van der Waals surface area contributed by atoms with Gasteiger partial charge in [-0.15, -0.1) is 11.8 Å². The normalized spacial score (nSPS) is 10.2. The van der Waals surface area contributed by atoms with Crippen molar-refractivity contribution in [3.05, 3.63) is 60.2 Å². The molecule has 0 amide bonds. The molecule has 0 unspecified atom stereocenters. The van der Waals surface area contributed by atoms with Crippen LogP contribution < -0.4 is 10.6 Å². The van der Waals surface area contributed by atoms with Crippen molar-refractivity contribution in [2.75, 3.05) is 25.6 Å². The Bertz CT molecular complexity index is 573. The minimum Gasteiger partial charge on any atom is -0.383 e. The smallest absolute Gasteiger partial charge is 0.170 e. The van der Waals surface area contributed by atoms with Crippen molar-refractivity contribution in [2.24, 2.45) is 0 Å². The van der Waals surface area contributed by atoms with Crippen molar-refractivity contribution in [3.63, 3.8) is 0 Å². The van der Waals surface area contributed by atoms with Crippen LogP contribution in [0.25, 0.3) is 0 Å². The largest absolute Gasteiger partial charge is 0.383 e. The van der Waals surface area contributed by atoms with Crippen molar-refractivity contribution in [3.8, 4) is 0 Å². The molecule has 116 valence electrons. The maximum Gasteiger partial charge on any atom is 0.170 e. The van der Waals surface area contributed by atoms with Gasteiger partial charge in [-0.2, -0.15) is 0 Å². The second-order valence-corrected chi connectivity index (χ2v) is 6.13. The van der Waals surface area contributed by atoms with Crippen LogP contribution in [0.4, 0.5) is 5.69 Å². The van der Waals surface area contributed by atoms with Gasteiger partial charge in [0, 0.05) is 30.0 Å². The fraction of sp³-hybridized carbons (Fsp3) is 0.235. The number of ether oxygens (including phenoxy) is 1. The minimum absolute atomic E-state index is 0.614. The lowest BCUT2D eigenvalue weighted by molar-refractivity contribution is 0.204. The average Bonchev–Trinajstić information content (AvgIpc) is 2.55. The number of thiocarbonyl (C=S) groups is 1. The van der Waals surface area contributed by atoms with Gasteiger partial charge in [-0.1, -0.05) is 30.3 Å². The molecule has 0 fully saturated rings. The zero-order valence-corrected chi connectivity index (χ0v) is 14.2. The van der Waals surface area contributed by atoms with E-state index in [-0.39, 0.29) is 0 Å². The van der Waals surface area contributed by atoms with Crippen LogP contribution in [0.15, 0.2) is 59.5 Å². The first-order valence-electron chi connectivity index (χ1n) is 7.08. The molecule has 22 heavy (non-hydrogen) atoms. The molecule has 3 nitrogen and oxygen atoms in total. The van der Waals surface area contributed by atoms with Crippen molar-refractivity contribution in [1.29, 1.82) is 0 Å². The van der Waals surface area contributed by atoms with Gasteiger partial charge in [0.15, 0.2) is 5.11 Å². The summed E-state index contributed by atoms with van der Waals surface area (Å²) < 4.78 is 4.97. The van der Waals surface area contributed by atoms with E-state index >= 15 is 0 Å². The average molecular weight is 332 g/mol. The zero-order valence-electron chi connectivity index (χ0n) is 12.5. The van der Waals surface area contributed by atoms with Gasteiger partial charge >= 0.3 is 0 Å². The number of nitrogens with one attached hydrogen (secondary N) is 2. The van der Waals surface area contributed by atoms with Crippen LogP contribution in [0, 0.1) is 0 Å². The molecule has 0 spiro atoms. The summed E-state index contributed by atoms with van der Waals surface area (Å²) in [6.07, 6.45) is 0. The lowest BCUT2D eigenvalue weighted by atomic mass is 10.2. The molecule has 2 N–H and O–H groups in total. The molecule has 0 radical (unpaired) electrons. The monoisotopic (exact) mass is 332 g/mol. The number of thioether (sulfide) groups is 1. The molecule has 0 saturated heterocycles. The van der Waals surface area contributed by atoms with Crippen molar-refractivity contribution >= 4 is 34.8 Å². The minimum atomic E-state index is 0.614. The van der Waals surface area contributed by atoms with Crippen LogP contribution in [0.5, 0.6) is 0 Å². The van der Waals surface area contributed by atoms with E-state index in [2.05, 4.69) is 47.0 Å². The summed E-state index contributed by atoms with van der Waals surface area (Å²) in [6, 6.07) is 18.8. The van der Waals surface area contributed by atoms with Crippen molar-refractivity contribution in [1.82, 2.24) is 5.32 Å². The Morgan fingerprint density at radius 3 is 2.50 bits per heavy atom. The van der Waals surface area contributed by atoms with E-state index < -0.39 is 0 Å². The number of anilines is 1. The maximum absolute atomic E-state index is 5.22. The summed E-state index contributed by atoms with van der Waals surface area (Å²) in [5.74, 6) is 0.959. The SMILES string of the molecule is COCCNC(=S)Nc1ccc(CSc2ccccc2)cc1. The Balaban J connectivity index is 1.79. The summed E-state index contributed by atoms with van der Waals surface area (Å²) in [5, 5.41) is 6.86. The summed E-state index contributed by atoms with van der Waals surface area (Å²) in [5.41, 5.74) is 2.28. The Kier molecular flexibility index (Phi) is 7.22. The number of rotatable bonds is 7. The van der Waals surface area contributed by atoms with E-state index in [1.165, 1.54) is 10.5 Å². The van der Waals surface area contributed by atoms with Gasteiger partial charge in [0.2, 0.25) is 0 Å². The Hall–Kier alpha value is -1.56. The lowest BCUT2D eigenvalue weighted by Crippen LogP contribution is -2.31. The van der Waals surface area contributed by atoms with E-state index in [9.17, 15) is 0 Å². The highest BCUT2D eigenvalue weighted by Crippen LogP contribution is 2.22. The Morgan fingerprint density at radius 1 is 1.09 bits per heavy atom. The van der Waals surface area contributed by atoms with E-state index in [0.29, 0.717) is 18.3 Å². The van der Waals surface area contributed by atoms with Crippen LogP contribution in [0.1, 0.15) is 5.56 Å². The lowest BCUT2D eigenvalue weighted by Gasteiger charge is -2.10. The standard InChI is InChI=1S/C17H20N2OS2/c1-20-12-11-18-17(21)19-15-9-7-14(8-10-15)13-22-16-5-3-2-4-6-16/h2-10H,11-13H2,1H3,(H2,18,19,21). The molecule has 0 atom stereocenters. The van der Waals surface area contributed by atoms with Gasteiger partial charge in [-0.05, 0) is 42.0 Å². The van der Waals surface area contributed by atoms with Crippen molar-refractivity contribution in [2.45, 2.75) is 10.6 Å². The van der Waals surface area contributed by atoms with Crippen LogP contribution in [-0.2, 0) is 10.5 Å². The first-order chi connectivity index (χ1) is 10.8. The highest BCUT2D eigenvalue weighted by molar-refractivity contribution is 7.98. The summed E-state index contributed by atoms with van der Waals surface area (Å²) in [7, 11) is 1.67. The molecule has 2 aromatic carbocycles. The Morgan fingerprint density at radius 2 is 1.82 bits per heavy atom. The molecule has 0 aliphatic carbocycles. The number of benzene rings is 2. The van der Waals surface area contributed by atoms with Gasteiger partial charge in [-0.25, -0.2) is 0 Å². The quantitative estimate of drug-likeness (QED) is 0.456. The fourth-order valence-electron chi connectivity index (χ4n) is 1.81. The zero-order chi connectivity index (χ0) is 15.6. The van der Waals surface area contributed by atoms with E-state index in [0.717, 1.165) is 11.4 Å². The van der Waals surface area contributed by atoms with Crippen LogP contribution in [0.3, 0.4) is 0 Å².